The molecule has 0 saturated carbocycles. The molecular weight excluding hydrogens is 194 g/mol. The van der Waals surface area contributed by atoms with Crippen LogP contribution in [0.1, 0.15) is 0 Å². The van der Waals surface area contributed by atoms with Crippen molar-refractivity contribution in [1.82, 2.24) is 10.2 Å². The first-order valence-corrected chi connectivity index (χ1v) is 4.13. The number of aliphatic hydroxyl groups excluding tert-OH is 1. The van der Waals surface area contributed by atoms with Gasteiger partial charge < -0.3 is 10.4 Å². The topological polar surface area (TPSA) is 52.6 Å². The third-order valence-electron chi connectivity index (χ3n) is 1.62. The molecule has 0 aromatic rings. The Hall–Kier alpha value is -1.01. The lowest BCUT2D eigenvalue weighted by molar-refractivity contribution is -0.109. The second-order valence-electron chi connectivity index (χ2n) is 2.62. The van der Waals surface area contributed by atoms with Gasteiger partial charge in [-0.25, -0.2) is 8.78 Å². The van der Waals surface area contributed by atoms with Crippen LogP contribution in [-0.2, 0) is 4.79 Å². The van der Waals surface area contributed by atoms with Gasteiger partial charge in [-0.2, -0.15) is 0 Å². The maximum Gasteiger partial charge on any atom is 0.207 e. The highest BCUT2D eigenvalue weighted by Crippen LogP contribution is 2.06. The number of nitrogens with zero attached hydrogens (tertiary/aromatic N) is 1. The average molecular weight is 208 g/mol. The van der Waals surface area contributed by atoms with Crippen LogP contribution >= 0.6 is 0 Å². The molecule has 0 spiro atoms. The van der Waals surface area contributed by atoms with Crippen molar-refractivity contribution in [3.63, 3.8) is 0 Å². The quantitative estimate of drug-likeness (QED) is 0.330. The summed E-state index contributed by atoms with van der Waals surface area (Å²) in [5.74, 6) is -0.940. The van der Waals surface area contributed by atoms with E-state index in [0.717, 1.165) is 4.90 Å². The molecule has 4 nitrogen and oxygen atoms in total. The smallest absolute Gasteiger partial charge is 0.207 e. The molecule has 1 atom stereocenters. The van der Waals surface area contributed by atoms with E-state index in [9.17, 15) is 18.7 Å². The van der Waals surface area contributed by atoms with Gasteiger partial charge in [0, 0.05) is 19.6 Å². The molecular formula is C8H14F2N2O2. The summed E-state index contributed by atoms with van der Waals surface area (Å²) >= 11 is 0. The van der Waals surface area contributed by atoms with Crippen molar-refractivity contribution in [2.24, 2.45) is 0 Å². The van der Waals surface area contributed by atoms with Crippen molar-refractivity contribution in [2.45, 2.75) is 6.23 Å². The van der Waals surface area contributed by atoms with E-state index < -0.39 is 18.7 Å². The maximum atomic E-state index is 12.5. The van der Waals surface area contributed by atoms with E-state index >= 15 is 0 Å². The van der Waals surface area contributed by atoms with Gasteiger partial charge in [0.15, 0.2) is 6.23 Å². The van der Waals surface area contributed by atoms with E-state index in [2.05, 4.69) is 11.9 Å². The van der Waals surface area contributed by atoms with Crippen molar-refractivity contribution >= 4 is 6.41 Å². The van der Waals surface area contributed by atoms with Crippen molar-refractivity contribution in [2.75, 3.05) is 26.3 Å². The number of hydrogen-bond acceptors (Lipinski definition) is 3. The van der Waals surface area contributed by atoms with Crippen molar-refractivity contribution in [3.8, 4) is 0 Å². The largest absolute Gasteiger partial charge is 0.372 e. The Morgan fingerprint density at radius 1 is 1.64 bits per heavy atom. The molecule has 6 heteroatoms. The summed E-state index contributed by atoms with van der Waals surface area (Å²) < 4.78 is 24.5. The third kappa shape index (κ3) is 4.88. The van der Waals surface area contributed by atoms with E-state index in [1.165, 1.54) is 0 Å². The lowest BCUT2D eigenvalue weighted by Gasteiger charge is -2.24. The molecule has 0 fully saturated rings. The summed E-state index contributed by atoms with van der Waals surface area (Å²) in [6, 6.07) is 0. The van der Waals surface area contributed by atoms with Gasteiger partial charge in [0.05, 0.1) is 0 Å². The fraction of sp³-hybridized carbons (Fsp3) is 0.625. The molecule has 82 valence electrons. The zero-order valence-corrected chi connectivity index (χ0v) is 7.75. The summed E-state index contributed by atoms with van der Waals surface area (Å²) in [5.41, 5.74) is 0. The first-order valence-electron chi connectivity index (χ1n) is 4.13. The van der Waals surface area contributed by atoms with Crippen LogP contribution in [0.2, 0.25) is 0 Å². The number of nitrogens with one attached hydrogen (secondary N) is 1. The van der Waals surface area contributed by atoms with Gasteiger partial charge in [-0.15, -0.1) is 0 Å². The molecule has 14 heavy (non-hydrogen) atoms. The molecule has 0 rings (SSSR count). The Bertz CT molecular complexity index is 190. The Kier molecular flexibility index (Phi) is 6.87. The minimum atomic E-state index is -1.51. The van der Waals surface area contributed by atoms with Gasteiger partial charge in [0.2, 0.25) is 6.41 Å². The Labute approximate surface area is 81.2 Å². The zero-order valence-electron chi connectivity index (χ0n) is 7.75. The second-order valence-corrected chi connectivity index (χ2v) is 2.62. The van der Waals surface area contributed by atoms with Gasteiger partial charge in [0.1, 0.15) is 12.5 Å². The predicted molar refractivity (Wildman–Crippen MR) is 47.9 cm³/mol. The van der Waals surface area contributed by atoms with Gasteiger partial charge >= 0.3 is 0 Å². The fourth-order valence-corrected chi connectivity index (χ4v) is 0.930. The van der Waals surface area contributed by atoms with Crippen LogP contribution in [0.25, 0.3) is 0 Å². The van der Waals surface area contributed by atoms with Gasteiger partial charge in [0.25, 0.3) is 0 Å². The van der Waals surface area contributed by atoms with Crippen LogP contribution in [0.5, 0.6) is 0 Å². The number of aliphatic hydroxyl groups is 1. The lowest BCUT2D eigenvalue weighted by atomic mass is 10.4. The number of carbonyl (C=O) groups is 1. The van der Waals surface area contributed by atoms with Crippen molar-refractivity contribution in [3.05, 3.63) is 12.4 Å². The number of amides is 1. The van der Waals surface area contributed by atoms with Gasteiger partial charge in [-0.3, -0.25) is 9.69 Å². The van der Waals surface area contributed by atoms with Gasteiger partial charge in [-0.05, 0) is 0 Å². The van der Waals surface area contributed by atoms with Crippen molar-refractivity contribution in [1.29, 1.82) is 0 Å². The molecule has 0 saturated heterocycles. The number of hydrogen-bond donors (Lipinski definition) is 2. The molecule has 0 aliphatic heterocycles. The van der Waals surface area contributed by atoms with E-state index in [1.54, 1.807) is 0 Å². The number of alkyl halides is 1. The van der Waals surface area contributed by atoms with Crippen LogP contribution in [0.4, 0.5) is 8.78 Å². The van der Waals surface area contributed by atoms with Crippen LogP contribution in [0.15, 0.2) is 12.4 Å². The van der Waals surface area contributed by atoms with Gasteiger partial charge in [-0.1, -0.05) is 6.58 Å². The fourth-order valence-electron chi connectivity index (χ4n) is 0.930. The summed E-state index contributed by atoms with van der Waals surface area (Å²) in [6.07, 6.45) is -1.04. The number of halogens is 2. The van der Waals surface area contributed by atoms with E-state index in [1.807, 2.05) is 0 Å². The molecule has 1 unspecified atom stereocenters. The van der Waals surface area contributed by atoms with E-state index in [4.69, 9.17) is 0 Å². The minimum absolute atomic E-state index is 0.107. The summed E-state index contributed by atoms with van der Waals surface area (Å²) in [5, 5.41) is 11.5. The Balaban J connectivity index is 3.99. The Morgan fingerprint density at radius 2 is 2.29 bits per heavy atom. The minimum Gasteiger partial charge on any atom is -0.372 e. The van der Waals surface area contributed by atoms with Crippen molar-refractivity contribution < 1.29 is 18.7 Å². The maximum absolute atomic E-state index is 12.5. The first-order chi connectivity index (χ1) is 6.63. The normalized spacial score (nSPS) is 12.6. The molecule has 0 aromatic heterocycles. The first kappa shape index (κ1) is 13.0. The van der Waals surface area contributed by atoms with E-state index in [-0.39, 0.29) is 19.6 Å². The SMILES string of the molecule is C=C(F)C(O)N(CCF)CCNC=O. The Morgan fingerprint density at radius 3 is 2.71 bits per heavy atom. The summed E-state index contributed by atoms with van der Waals surface area (Å²) in [7, 11) is 0. The molecule has 0 aliphatic rings. The highest BCUT2D eigenvalue weighted by Gasteiger charge is 2.17. The third-order valence-corrected chi connectivity index (χ3v) is 1.62. The molecule has 0 aliphatic carbocycles. The van der Waals surface area contributed by atoms with E-state index in [0.29, 0.717) is 6.41 Å². The molecule has 0 bridgehead atoms. The second kappa shape index (κ2) is 7.40. The number of rotatable bonds is 8. The standard InChI is InChI=1S/C8H14F2N2O2/c1-7(10)8(14)12(4-2-9)5-3-11-6-13/h6,8,14H,1-5H2,(H,11,13). The lowest BCUT2D eigenvalue weighted by Crippen LogP contribution is -2.41. The number of carbonyl (C=O) groups excluding carboxylic acids is 1. The highest BCUT2D eigenvalue weighted by molar-refractivity contribution is 5.45. The van der Waals surface area contributed by atoms with Crippen LogP contribution in [0.3, 0.4) is 0 Å². The predicted octanol–water partition coefficient (Wildman–Crippen LogP) is -0.195. The highest BCUT2D eigenvalue weighted by atomic mass is 19.1. The molecule has 1 amide bonds. The van der Waals surface area contributed by atoms with Crippen LogP contribution < -0.4 is 5.32 Å². The molecule has 2 N–H and O–H groups in total. The molecule has 0 heterocycles. The average Bonchev–Trinajstić information content (AvgIpc) is 2.15. The summed E-state index contributed by atoms with van der Waals surface area (Å²) in [4.78, 5) is 11.0. The zero-order chi connectivity index (χ0) is 11.0. The van der Waals surface area contributed by atoms with Crippen LogP contribution in [0, 0.1) is 0 Å². The molecule has 0 radical (unpaired) electrons. The molecule has 0 aromatic carbocycles. The summed E-state index contributed by atoms with van der Waals surface area (Å²) in [6.45, 7) is 2.48. The van der Waals surface area contributed by atoms with Crippen LogP contribution in [-0.4, -0.2) is 49.0 Å². The monoisotopic (exact) mass is 208 g/mol.